The second kappa shape index (κ2) is 4.94. The molecule has 0 aliphatic carbocycles. The summed E-state index contributed by atoms with van der Waals surface area (Å²) in [5.41, 5.74) is 2.29. The smallest absolute Gasteiger partial charge is 0.281 e. The normalized spacial score (nSPS) is 16.9. The van der Waals surface area contributed by atoms with Crippen molar-refractivity contribution in [2.75, 3.05) is 4.90 Å². The summed E-state index contributed by atoms with van der Waals surface area (Å²) >= 11 is 5.23. The highest BCUT2D eigenvalue weighted by Gasteiger charge is 2.32. The Morgan fingerprint density at radius 3 is 2.65 bits per heavy atom. The van der Waals surface area contributed by atoms with Crippen LogP contribution in [0.15, 0.2) is 52.8 Å². The molecule has 0 saturated carbocycles. The fourth-order valence-corrected chi connectivity index (χ4v) is 2.28. The van der Waals surface area contributed by atoms with E-state index in [1.165, 1.54) is 4.90 Å². The van der Waals surface area contributed by atoms with Crippen molar-refractivity contribution in [3.63, 3.8) is 0 Å². The number of furan rings is 1. The fourth-order valence-electron chi connectivity index (χ4n) is 1.98. The molecule has 0 spiro atoms. The first-order valence-electron chi connectivity index (χ1n) is 6.12. The number of rotatable bonds is 2. The van der Waals surface area contributed by atoms with Crippen molar-refractivity contribution in [1.82, 2.24) is 5.32 Å². The summed E-state index contributed by atoms with van der Waals surface area (Å²) in [6.45, 7) is 1.99. The van der Waals surface area contributed by atoms with Gasteiger partial charge in [0.15, 0.2) is 5.11 Å². The minimum absolute atomic E-state index is 0.185. The molecule has 1 aromatic carbocycles. The van der Waals surface area contributed by atoms with Gasteiger partial charge in [-0.2, -0.15) is 0 Å². The first-order valence-corrected chi connectivity index (χ1v) is 6.53. The summed E-state index contributed by atoms with van der Waals surface area (Å²) in [7, 11) is 0. The molecule has 5 heteroatoms. The predicted octanol–water partition coefficient (Wildman–Crippen LogP) is 2.85. The molecular formula is C15H12N2O2S. The Hall–Kier alpha value is -2.40. The molecule has 4 nitrogen and oxygen atoms in total. The summed E-state index contributed by atoms with van der Waals surface area (Å²) in [4.78, 5) is 13.9. The lowest BCUT2D eigenvalue weighted by atomic mass is 10.2. The van der Waals surface area contributed by atoms with Gasteiger partial charge in [-0.3, -0.25) is 9.69 Å². The van der Waals surface area contributed by atoms with Crippen molar-refractivity contribution in [1.29, 1.82) is 0 Å². The molecule has 1 amide bonds. The van der Waals surface area contributed by atoms with Gasteiger partial charge in [0.1, 0.15) is 11.5 Å². The molecule has 0 bridgehead atoms. The van der Waals surface area contributed by atoms with E-state index in [0.717, 1.165) is 11.3 Å². The van der Waals surface area contributed by atoms with Crippen LogP contribution in [0, 0.1) is 6.92 Å². The minimum atomic E-state index is -0.185. The number of aryl methyl sites for hydroxylation is 1. The van der Waals surface area contributed by atoms with E-state index < -0.39 is 0 Å². The molecule has 2 aromatic rings. The van der Waals surface area contributed by atoms with Crippen LogP contribution in [0.5, 0.6) is 0 Å². The van der Waals surface area contributed by atoms with Crippen LogP contribution in [0.4, 0.5) is 5.69 Å². The van der Waals surface area contributed by atoms with Gasteiger partial charge >= 0.3 is 0 Å². The second-order valence-corrected chi connectivity index (χ2v) is 4.87. The maximum Gasteiger partial charge on any atom is 0.281 e. The third-order valence-corrected chi connectivity index (χ3v) is 3.28. The Labute approximate surface area is 121 Å². The highest BCUT2D eigenvalue weighted by atomic mass is 32.1. The monoisotopic (exact) mass is 284 g/mol. The molecule has 1 saturated heterocycles. The number of amides is 1. The second-order valence-electron chi connectivity index (χ2n) is 4.48. The van der Waals surface area contributed by atoms with Crippen LogP contribution in [0.3, 0.4) is 0 Å². The number of carbonyl (C=O) groups is 1. The Morgan fingerprint density at radius 2 is 2.00 bits per heavy atom. The maximum absolute atomic E-state index is 12.4. The van der Waals surface area contributed by atoms with Gasteiger partial charge < -0.3 is 9.73 Å². The van der Waals surface area contributed by atoms with Crippen LogP contribution in [-0.2, 0) is 4.79 Å². The zero-order valence-electron chi connectivity index (χ0n) is 10.8. The van der Waals surface area contributed by atoms with E-state index in [4.69, 9.17) is 16.6 Å². The Kier molecular flexibility index (Phi) is 3.12. The lowest BCUT2D eigenvalue weighted by molar-refractivity contribution is -0.113. The van der Waals surface area contributed by atoms with Crippen molar-refractivity contribution in [2.24, 2.45) is 0 Å². The van der Waals surface area contributed by atoms with Crippen molar-refractivity contribution < 1.29 is 9.21 Å². The summed E-state index contributed by atoms with van der Waals surface area (Å²) in [6.07, 6.45) is 3.20. The van der Waals surface area contributed by atoms with E-state index in [1.54, 1.807) is 24.5 Å². The molecule has 1 N–H and O–H groups in total. The van der Waals surface area contributed by atoms with Crippen LogP contribution in [0.1, 0.15) is 11.3 Å². The van der Waals surface area contributed by atoms with Gasteiger partial charge in [0.05, 0.1) is 12.0 Å². The quantitative estimate of drug-likeness (QED) is 0.680. The van der Waals surface area contributed by atoms with Crippen molar-refractivity contribution >= 4 is 35.0 Å². The van der Waals surface area contributed by atoms with E-state index in [1.807, 2.05) is 31.2 Å². The Balaban J connectivity index is 1.93. The molecule has 0 radical (unpaired) electrons. The number of thiocarbonyl (C=S) groups is 1. The predicted molar refractivity (Wildman–Crippen MR) is 81.1 cm³/mol. The standard InChI is InChI=1S/C15H12N2O2S/c1-10-4-6-11(7-5-10)17-14(18)13(16-15(17)20)9-12-3-2-8-19-12/h2-9H,1H3,(H,16,20)/b13-9+. The summed E-state index contributed by atoms with van der Waals surface area (Å²) in [5, 5.41) is 3.29. The van der Waals surface area contributed by atoms with Crippen LogP contribution >= 0.6 is 12.2 Å². The van der Waals surface area contributed by atoms with Crippen LogP contribution in [0.25, 0.3) is 6.08 Å². The van der Waals surface area contributed by atoms with Crippen molar-refractivity contribution in [3.05, 3.63) is 59.7 Å². The lowest BCUT2D eigenvalue weighted by Crippen LogP contribution is -2.30. The first kappa shape index (κ1) is 12.6. The third-order valence-electron chi connectivity index (χ3n) is 3.00. The first-order chi connectivity index (χ1) is 9.65. The largest absolute Gasteiger partial charge is 0.465 e. The minimum Gasteiger partial charge on any atom is -0.465 e. The van der Waals surface area contributed by atoms with Crippen LogP contribution in [0.2, 0.25) is 0 Å². The zero-order valence-corrected chi connectivity index (χ0v) is 11.6. The molecule has 2 heterocycles. The third kappa shape index (κ3) is 2.23. The number of benzene rings is 1. The van der Waals surface area contributed by atoms with Crippen molar-refractivity contribution in [3.8, 4) is 0 Å². The van der Waals surface area contributed by atoms with Gasteiger partial charge in [-0.15, -0.1) is 0 Å². The van der Waals surface area contributed by atoms with Crippen LogP contribution < -0.4 is 10.2 Å². The average molecular weight is 284 g/mol. The van der Waals surface area contributed by atoms with Gasteiger partial charge in [-0.05, 0) is 43.4 Å². The van der Waals surface area contributed by atoms with Gasteiger partial charge in [0, 0.05) is 6.08 Å². The van der Waals surface area contributed by atoms with E-state index in [-0.39, 0.29) is 5.91 Å². The fraction of sp³-hybridized carbons (Fsp3) is 0.0667. The van der Waals surface area contributed by atoms with E-state index >= 15 is 0 Å². The summed E-state index contributed by atoms with van der Waals surface area (Å²) < 4.78 is 5.21. The highest BCUT2D eigenvalue weighted by Crippen LogP contribution is 2.22. The van der Waals surface area contributed by atoms with E-state index in [2.05, 4.69) is 5.32 Å². The van der Waals surface area contributed by atoms with Gasteiger partial charge in [0.2, 0.25) is 0 Å². The Morgan fingerprint density at radius 1 is 1.25 bits per heavy atom. The molecule has 1 fully saturated rings. The summed E-state index contributed by atoms with van der Waals surface area (Å²) in [6, 6.07) is 11.2. The topological polar surface area (TPSA) is 45.5 Å². The molecular weight excluding hydrogens is 272 g/mol. The van der Waals surface area contributed by atoms with Gasteiger partial charge in [-0.1, -0.05) is 17.7 Å². The molecule has 1 aliphatic heterocycles. The molecule has 0 unspecified atom stereocenters. The summed E-state index contributed by atoms with van der Waals surface area (Å²) in [5.74, 6) is 0.421. The van der Waals surface area contributed by atoms with Gasteiger partial charge in [0.25, 0.3) is 5.91 Å². The molecule has 1 aromatic heterocycles. The lowest BCUT2D eigenvalue weighted by Gasteiger charge is -2.13. The maximum atomic E-state index is 12.4. The SMILES string of the molecule is Cc1ccc(N2C(=O)/C(=C\c3ccco3)NC2=S)cc1. The molecule has 100 valence electrons. The number of hydrogen-bond acceptors (Lipinski definition) is 3. The van der Waals surface area contributed by atoms with E-state index in [9.17, 15) is 4.79 Å². The zero-order chi connectivity index (χ0) is 14.1. The number of nitrogens with zero attached hydrogens (tertiary/aromatic N) is 1. The number of hydrogen-bond donors (Lipinski definition) is 1. The van der Waals surface area contributed by atoms with E-state index in [0.29, 0.717) is 16.6 Å². The Bertz CT molecular complexity index is 687. The average Bonchev–Trinajstić information content (AvgIpc) is 3.02. The molecule has 20 heavy (non-hydrogen) atoms. The van der Waals surface area contributed by atoms with Crippen molar-refractivity contribution in [2.45, 2.75) is 6.92 Å². The number of anilines is 1. The molecule has 3 rings (SSSR count). The van der Waals surface area contributed by atoms with Crippen LogP contribution in [-0.4, -0.2) is 11.0 Å². The molecule has 0 atom stereocenters. The van der Waals surface area contributed by atoms with Gasteiger partial charge in [-0.25, -0.2) is 0 Å². The molecule has 1 aliphatic rings. The number of nitrogens with one attached hydrogen (secondary N) is 1. The number of carbonyl (C=O) groups excluding carboxylic acids is 1. The highest BCUT2D eigenvalue weighted by molar-refractivity contribution is 7.80.